The van der Waals surface area contributed by atoms with E-state index in [1.807, 2.05) is 24.3 Å². The molecule has 2 aromatic rings. The van der Waals surface area contributed by atoms with Crippen molar-refractivity contribution in [1.29, 1.82) is 0 Å². The predicted octanol–water partition coefficient (Wildman–Crippen LogP) is 3.04. The molecule has 1 aliphatic heterocycles. The molecule has 2 N–H and O–H groups in total. The van der Waals surface area contributed by atoms with Gasteiger partial charge in [0.25, 0.3) is 0 Å². The number of rotatable bonds is 2. The summed E-state index contributed by atoms with van der Waals surface area (Å²) in [5.74, 6) is -1.43. The molecule has 0 aromatic heterocycles. The summed E-state index contributed by atoms with van der Waals surface area (Å²) in [7, 11) is 0. The number of benzene rings is 2. The first kappa shape index (κ1) is 12.1. The van der Waals surface area contributed by atoms with Crippen LogP contribution in [0.3, 0.4) is 0 Å². The Balaban J connectivity index is 1.89. The van der Waals surface area contributed by atoms with Crippen molar-refractivity contribution in [2.24, 2.45) is 0 Å². The SMILES string of the molecule is OC(c1c(F)cccc1F)C1Cc2ccccc2N1. The van der Waals surface area contributed by atoms with Gasteiger partial charge in [-0.05, 0) is 30.2 Å². The first-order chi connectivity index (χ1) is 9.16. The zero-order valence-electron chi connectivity index (χ0n) is 10.1. The molecule has 98 valence electrons. The number of halogens is 2. The molecule has 0 spiro atoms. The van der Waals surface area contributed by atoms with Gasteiger partial charge in [0.15, 0.2) is 0 Å². The van der Waals surface area contributed by atoms with Crippen molar-refractivity contribution in [3.05, 3.63) is 65.2 Å². The fraction of sp³-hybridized carbons (Fsp3) is 0.200. The van der Waals surface area contributed by atoms with Gasteiger partial charge in [-0.3, -0.25) is 0 Å². The Morgan fingerprint density at radius 3 is 2.42 bits per heavy atom. The lowest BCUT2D eigenvalue weighted by Crippen LogP contribution is -2.26. The summed E-state index contributed by atoms with van der Waals surface area (Å²) in [6.45, 7) is 0. The van der Waals surface area contributed by atoms with Crippen molar-refractivity contribution in [3.63, 3.8) is 0 Å². The topological polar surface area (TPSA) is 32.3 Å². The summed E-state index contributed by atoms with van der Waals surface area (Å²) in [6.07, 6.45) is -0.668. The number of nitrogens with one attached hydrogen (secondary N) is 1. The Hall–Kier alpha value is -1.94. The van der Waals surface area contributed by atoms with Gasteiger partial charge in [-0.25, -0.2) is 8.78 Å². The Morgan fingerprint density at radius 1 is 1.05 bits per heavy atom. The van der Waals surface area contributed by atoms with Crippen LogP contribution in [-0.4, -0.2) is 11.1 Å². The van der Waals surface area contributed by atoms with Gasteiger partial charge in [0.1, 0.15) is 17.7 Å². The van der Waals surface area contributed by atoms with E-state index in [0.717, 1.165) is 23.4 Å². The highest BCUT2D eigenvalue weighted by Crippen LogP contribution is 2.33. The molecule has 2 aromatic carbocycles. The van der Waals surface area contributed by atoms with Crippen LogP contribution < -0.4 is 5.32 Å². The van der Waals surface area contributed by atoms with Crippen LogP contribution in [0, 0.1) is 11.6 Å². The van der Waals surface area contributed by atoms with E-state index in [1.54, 1.807) is 0 Å². The van der Waals surface area contributed by atoms with Crippen LogP contribution in [0.25, 0.3) is 0 Å². The second kappa shape index (κ2) is 4.63. The number of aliphatic hydroxyl groups excluding tert-OH is 1. The minimum atomic E-state index is -1.21. The third kappa shape index (κ3) is 2.08. The van der Waals surface area contributed by atoms with Crippen LogP contribution in [0.1, 0.15) is 17.2 Å². The summed E-state index contributed by atoms with van der Waals surface area (Å²) in [5, 5.41) is 13.3. The number of fused-ring (bicyclic) bond motifs is 1. The molecule has 0 fully saturated rings. The summed E-state index contributed by atoms with van der Waals surface area (Å²) in [4.78, 5) is 0. The number of para-hydroxylation sites is 1. The summed E-state index contributed by atoms with van der Waals surface area (Å²) < 4.78 is 27.3. The minimum absolute atomic E-state index is 0.271. The van der Waals surface area contributed by atoms with Gasteiger partial charge in [0.05, 0.1) is 11.6 Å². The summed E-state index contributed by atoms with van der Waals surface area (Å²) in [5.41, 5.74) is 1.68. The van der Waals surface area contributed by atoms with E-state index >= 15 is 0 Å². The van der Waals surface area contributed by atoms with Gasteiger partial charge >= 0.3 is 0 Å². The Kier molecular flexibility index (Phi) is 2.95. The molecular weight excluding hydrogens is 248 g/mol. The molecular formula is C15H13F2NO. The molecule has 0 aliphatic carbocycles. The highest BCUT2D eigenvalue weighted by atomic mass is 19.1. The van der Waals surface area contributed by atoms with Crippen molar-refractivity contribution < 1.29 is 13.9 Å². The van der Waals surface area contributed by atoms with Crippen LogP contribution in [0.15, 0.2) is 42.5 Å². The van der Waals surface area contributed by atoms with Crippen LogP contribution >= 0.6 is 0 Å². The van der Waals surface area contributed by atoms with Gasteiger partial charge in [-0.1, -0.05) is 24.3 Å². The van der Waals surface area contributed by atoms with Crippen LogP contribution in [-0.2, 0) is 6.42 Å². The maximum Gasteiger partial charge on any atom is 0.132 e. The van der Waals surface area contributed by atoms with E-state index in [1.165, 1.54) is 6.07 Å². The fourth-order valence-electron chi connectivity index (χ4n) is 2.51. The maximum absolute atomic E-state index is 13.7. The molecule has 3 rings (SSSR count). The molecule has 2 unspecified atom stereocenters. The Labute approximate surface area is 109 Å². The third-order valence-electron chi connectivity index (χ3n) is 3.47. The second-order valence-corrected chi connectivity index (χ2v) is 4.69. The van der Waals surface area contributed by atoms with Crippen molar-refractivity contribution in [2.75, 3.05) is 5.32 Å². The zero-order valence-corrected chi connectivity index (χ0v) is 10.1. The largest absolute Gasteiger partial charge is 0.386 e. The van der Waals surface area contributed by atoms with Gasteiger partial charge in [-0.2, -0.15) is 0 Å². The van der Waals surface area contributed by atoms with Crippen LogP contribution in [0.5, 0.6) is 0 Å². The molecule has 4 heteroatoms. The lowest BCUT2D eigenvalue weighted by atomic mass is 9.98. The zero-order chi connectivity index (χ0) is 13.4. The maximum atomic E-state index is 13.7. The van der Waals surface area contributed by atoms with Crippen LogP contribution in [0.2, 0.25) is 0 Å². The van der Waals surface area contributed by atoms with E-state index < -0.39 is 23.8 Å². The number of aliphatic hydroxyl groups is 1. The highest BCUT2D eigenvalue weighted by Gasteiger charge is 2.30. The van der Waals surface area contributed by atoms with E-state index in [9.17, 15) is 13.9 Å². The average Bonchev–Trinajstić information content (AvgIpc) is 2.82. The van der Waals surface area contributed by atoms with Crippen LogP contribution in [0.4, 0.5) is 14.5 Å². The molecule has 1 heterocycles. The molecule has 0 saturated heterocycles. The van der Waals surface area contributed by atoms with E-state index in [2.05, 4.69) is 5.32 Å². The van der Waals surface area contributed by atoms with Gasteiger partial charge in [-0.15, -0.1) is 0 Å². The smallest absolute Gasteiger partial charge is 0.132 e. The summed E-state index contributed by atoms with van der Waals surface area (Å²) >= 11 is 0. The van der Waals surface area contributed by atoms with Gasteiger partial charge in [0, 0.05) is 5.69 Å². The molecule has 19 heavy (non-hydrogen) atoms. The average molecular weight is 261 g/mol. The first-order valence-electron chi connectivity index (χ1n) is 6.13. The minimum Gasteiger partial charge on any atom is -0.386 e. The highest BCUT2D eigenvalue weighted by molar-refractivity contribution is 5.57. The lowest BCUT2D eigenvalue weighted by Gasteiger charge is -2.20. The molecule has 0 radical (unpaired) electrons. The van der Waals surface area contributed by atoms with Crippen molar-refractivity contribution >= 4 is 5.69 Å². The number of anilines is 1. The number of hydrogen-bond donors (Lipinski definition) is 2. The number of hydrogen-bond acceptors (Lipinski definition) is 2. The van der Waals surface area contributed by atoms with Gasteiger partial charge < -0.3 is 10.4 Å². The Bertz CT molecular complexity index is 570. The summed E-state index contributed by atoms with van der Waals surface area (Å²) in [6, 6.07) is 10.8. The quantitative estimate of drug-likeness (QED) is 0.871. The standard InChI is InChI=1S/C15H13F2NO/c16-10-5-3-6-11(17)14(10)15(19)13-8-9-4-1-2-7-12(9)18-13/h1-7,13,15,18-19H,8H2. The Morgan fingerprint density at radius 2 is 1.74 bits per heavy atom. The van der Waals surface area contributed by atoms with Crippen molar-refractivity contribution in [2.45, 2.75) is 18.6 Å². The molecule has 0 saturated carbocycles. The monoisotopic (exact) mass is 261 g/mol. The van der Waals surface area contributed by atoms with E-state index in [0.29, 0.717) is 6.42 Å². The predicted molar refractivity (Wildman–Crippen MR) is 68.9 cm³/mol. The van der Waals surface area contributed by atoms with Crippen molar-refractivity contribution in [3.8, 4) is 0 Å². The van der Waals surface area contributed by atoms with E-state index in [-0.39, 0.29) is 5.56 Å². The second-order valence-electron chi connectivity index (χ2n) is 4.69. The first-order valence-corrected chi connectivity index (χ1v) is 6.13. The van der Waals surface area contributed by atoms with Gasteiger partial charge in [0.2, 0.25) is 0 Å². The van der Waals surface area contributed by atoms with Crippen molar-refractivity contribution in [1.82, 2.24) is 0 Å². The molecule has 0 bridgehead atoms. The molecule has 2 nitrogen and oxygen atoms in total. The van der Waals surface area contributed by atoms with E-state index in [4.69, 9.17) is 0 Å². The lowest BCUT2D eigenvalue weighted by molar-refractivity contribution is 0.147. The third-order valence-corrected chi connectivity index (χ3v) is 3.47. The molecule has 2 atom stereocenters. The normalized spacial score (nSPS) is 18.8. The molecule has 0 amide bonds. The molecule has 1 aliphatic rings. The fourth-order valence-corrected chi connectivity index (χ4v) is 2.51.